The minimum atomic E-state index is -0.494. The zero-order valence-electron chi connectivity index (χ0n) is 37.4. The molecule has 1 aliphatic rings. The Bertz CT molecular complexity index is 1610. The molecule has 54 heavy (non-hydrogen) atoms. The van der Waals surface area contributed by atoms with Gasteiger partial charge in [0.05, 0.1) is 16.4 Å². The van der Waals surface area contributed by atoms with Gasteiger partial charge in [-0.2, -0.15) is 0 Å². The lowest BCUT2D eigenvalue weighted by atomic mass is 9.86. The predicted octanol–water partition coefficient (Wildman–Crippen LogP) is 15.3. The second-order valence-electron chi connectivity index (χ2n) is 16.2. The number of furan rings is 1. The molecule has 306 valence electrons. The van der Waals surface area contributed by atoms with Gasteiger partial charge >= 0.3 is 0 Å². The van der Waals surface area contributed by atoms with Gasteiger partial charge in [-0.3, -0.25) is 9.59 Å². The average molecular weight is 772 g/mol. The summed E-state index contributed by atoms with van der Waals surface area (Å²) in [5.74, 6) is -0.341. The van der Waals surface area contributed by atoms with E-state index >= 15 is 0 Å². The number of ketones is 2. The molecule has 5 nitrogen and oxygen atoms in total. The maximum atomic E-state index is 13.9. The number of carbonyl (C=O) groups is 2. The molecule has 4 rings (SSSR count). The number of allylic oxidation sites excluding steroid dienone is 2. The third kappa shape index (κ3) is 18.4. The monoisotopic (exact) mass is 771 g/mol. The number of hydrogen-bond donors (Lipinski definition) is 1. The van der Waals surface area contributed by atoms with Crippen molar-refractivity contribution in [2.75, 3.05) is 0 Å². The Kier molecular flexibility index (Phi) is 25.2. The minimum Gasteiger partial charge on any atom is -0.451 e. The highest BCUT2D eigenvalue weighted by molar-refractivity contribution is 6.30. The molecule has 0 atom stereocenters. The van der Waals surface area contributed by atoms with Gasteiger partial charge in [-0.05, 0) is 56.2 Å². The van der Waals surface area contributed by atoms with Gasteiger partial charge in [0.25, 0.3) is 0 Å². The number of unbranched alkanes of at least 4 members (excludes halogenated alkanes) is 2. The maximum Gasteiger partial charge on any atom is 0.200 e. The number of halogens is 2. The van der Waals surface area contributed by atoms with Crippen LogP contribution in [0.4, 0.5) is 4.39 Å². The number of nitrogens with zero attached hydrogens (tertiary/aromatic N) is 1. The van der Waals surface area contributed by atoms with E-state index < -0.39 is 5.82 Å². The third-order valence-electron chi connectivity index (χ3n) is 7.99. The Morgan fingerprint density at radius 2 is 1.41 bits per heavy atom. The van der Waals surface area contributed by atoms with Crippen molar-refractivity contribution in [3.8, 4) is 11.3 Å². The number of benzene rings is 1. The van der Waals surface area contributed by atoms with E-state index in [4.69, 9.17) is 16.0 Å². The van der Waals surface area contributed by atoms with Gasteiger partial charge < -0.3 is 9.73 Å². The van der Waals surface area contributed by atoms with Crippen molar-refractivity contribution in [3.63, 3.8) is 0 Å². The van der Waals surface area contributed by atoms with Gasteiger partial charge in [0, 0.05) is 40.3 Å². The molecule has 0 radical (unpaired) electrons. The molecule has 2 aromatic heterocycles. The largest absolute Gasteiger partial charge is 0.451 e. The van der Waals surface area contributed by atoms with E-state index in [-0.39, 0.29) is 27.9 Å². The van der Waals surface area contributed by atoms with E-state index in [9.17, 15) is 14.0 Å². The molecule has 0 amide bonds. The number of aromatic nitrogens is 1. The van der Waals surface area contributed by atoms with Crippen molar-refractivity contribution in [2.45, 2.75) is 175 Å². The third-order valence-corrected chi connectivity index (χ3v) is 8.30. The number of hydrogen-bond acceptors (Lipinski definition) is 5. The minimum absolute atomic E-state index is 0.0676. The van der Waals surface area contributed by atoms with Gasteiger partial charge in [-0.1, -0.05) is 160 Å². The summed E-state index contributed by atoms with van der Waals surface area (Å²) in [6.45, 7) is 41.2. The molecule has 0 saturated heterocycles. The van der Waals surface area contributed by atoms with Crippen LogP contribution < -0.4 is 5.32 Å². The normalized spacial score (nSPS) is 12.2. The summed E-state index contributed by atoms with van der Waals surface area (Å²) in [5, 5.41) is 3.24. The topological polar surface area (TPSA) is 72.2 Å². The van der Waals surface area contributed by atoms with E-state index in [0.717, 1.165) is 16.8 Å². The lowest BCUT2D eigenvalue weighted by molar-refractivity contribution is -0.113. The second kappa shape index (κ2) is 25.8. The fourth-order valence-corrected chi connectivity index (χ4v) is 4.76. The van der Waals surface area contributed by atoms with E-state index in [1.807, 2.05) is 54.5 Å². The average Bonchev–Trinajstić information content (AvgIpc) is 3.55. The van der Waals surface area contributed by atoms with Gasteiger partial charge in [0.15, 0.2) is 17.1 Å². The highest BCUT2D eigenvalue weighted by atomic mass is 35.5. The molecule has 1 aromatic carbocycles. The Morgan fingerprint density at radius 3 is 1.76 bits per heavy atom. The quantitative estimate of drug-likeness (QED) is 0.182. The fraction of sp³-hybridized carbons (Fsp3) is 0.596. The molecule has 0 fully saturated rings. The summed E-state index contributed by atoms with van der Waals surface area (Å²) in [4.78, 5) is 27.9. The zero-order valence-corrected chi connectivity index (χ0v) is 38.2. The summed E-state index contributed by atoms with van der Waals surface area (Å²) in [6, 6.07) is 8.53. The lowest BCUT2D eigenvalue weighted by Gasteiger charge is -2.25. The molecule has 7 heteroatoms. The van der Waals surface area contributed by atoms with Crippen molar-refractivity contribution in [2.24, 2.45) is 11.3 Å². The van der Waals surface area contributed by atoms with E-state index in [1.165, 1.54) is 50.7 Å². The van der Waals surface area contributed by atoms with Crippen LogP contribution in [0, 0.1) is 17.2 Å². The highest BCUT2D eigenvalue weighted by Crippen LogP contribution is 2.35. The van der Waals surface area contributed by atoms with Crippen LogP contribution in [0.25, 0.3) is 22.4 Å². The zero-order chi connectivity index (χ0) is 42.6. The number of rotatable bonds is 8. The Hall–Kier alpha value is -3.25. The summed E-state index contributed by atoms with van der Waals surface area (Å²) in [7, 11) is 0. The predicted molar refractivity (Wildman–Crippen MR) is 234 cm³/mol. The summed E-state index contributed by atoms with van der Waals surface area (Å²) in [5.41, 5.74) is 6.01. The molecule has 0 bridgehead atoms. The number of Topliss-reactive ketones (excluding diaryl/α,β-unsaturated/α-hetero) is 2. The number of fused-ring (bicyclic) bond motifs is 1. The summed E-state index contributed by atoms with van der Waals surface area (Å²) in [6.07, 6.45) is 7.93. The van der Waals surface area contributed by atoms with Crippen LogP contribution >= 0.6 is 11.6 Å². The first-order chi connectivity index (χ1) is 25.0. The molecule has 0 aliphatic heterocycles. The van der Waals surface area contributed by atoms with Gasteiger partial charge in [0.1, 0.15) is 11.3 Å². The number of nitrogens with one attached hydrogen (secondary N) is 1. The number of pyridine rings is 1. The number of carbonyl (C=O) groups excluding carboxylic acids is 2. The van der Waals surface area contributed by atoms with Gasteiger partial charge in [-0.15, -0.1) is 0 Å². The van der Waals surface area contributed by atoms with Crippen LogP contribution in [0.2, 0.25) is 5.02 Å². The first kappa shape index (κ1) is 52.9. The van der Waals surface area contributed by atoms with E-state index in [2.05, 4.69) is 93.0 Å². The first-order valence-corrected chi connectivity index (χ1v) is 20.5. The molecule has 1 N–H and O–H groups in total. The molecule has 2 heterocycles. The van der Waals surface area contributed by atoms with Crippen LogP contribution in [0.1, 0.15) is 179 Å². The highest BCUT2D eigenvalue weighted by Gasteiger charge is 2.28. The Labute approximate surface area is 335 Å². The standard InChI is InChI=1S/C21H21ClFNO2.C9H13NO.C7H16.2C4H10.C2H6/c1-11(2)19(25)18-10-17-20(26-18)13(21(3,4)5)9-16(24-17)12-6-7-14(22)15(23)8-12;1-5(2)10-8-6(3)9(11)7(8)4;1-5-6-7(2,3)4;2*1-3-4-2;1-2/h6-11H,1-5H3;5,10H,3H2,1-2,4H3;5-6H2,1-4H3;2*3-4H2,1-2H3;1-2H3. The Morgan fingerprint density at radius 1 is 0.889 bits per heavy atom. The van der Waals surface area contributed by atoms with Crippen LogP contribution in [-0.2, 0) is 10.2 Å². The molecular weight excluding hydrogens is 695 g/mol. The first-order valence-electron chi connectivity index (χ1n) is 20.2. The van der Waals surface area contributed by atoms with Crippen molar-refractivity contribution in [1.82, 2.24) is 10.3 Å². The molecule has 0 unspecified atom stereocenters. The summed E-state index contributed by atoms with van der Waals surface area (Å²) >= 11 is 5.79. The van der Waals surface area contributed by atoms with Gasteiger partial charge in [0.2, 0.25) is 5.78 Å². The SMILES string of the molecule is C=C1C(=O)C(C)=C1NC(C)C.CC.CC(C)C(=O)c1cc2nc(-c3ccc(Cl)c(F)c3)cc(C(C)(C)C)c2o1.CCCC.CCCC.CCCC(C)(C)C. The second-order valence-corrected chi connectivity index (χ2v) is 16.6. The fourth-order valence-electron chi connectivity index (χ4n) is 4.64. The molecular formula is C47H76ClFN2O3. The molecule has 0 saturated carbocycles. The lowest BCUT2D eigenvalue weighted by Crippen LogP contribution is -2.33. The van der Waals surface area contributed by atoms with Crippen molar-refractivity contribution in [1.29, 1.82) is 0 Å². The van der Waals surface area contributed by atoms with Crippen LogP contribution in [0.5, 0.6) is 0 Å². The summed E-state index contributed by atoms with van der Waals surface area (Å²) < 4.78 is 19.8. The molecule has 0 spiro atoms. The maximum absolute atomic E-state index is 13.9. The Balaban J connectivity index is 0. The van der Waals surface area contributed by atoms with Crippen molar-refractivity contribution < 1.29 is 18.4 Å². The molecule has 1 aliphatic carbocycles. The van der Waals surface area contributed by atoms with Crippen LogP contribution in [-0.4, -0.2) is 22.6 Å². The molecule has 3 aromatic rings. The van der Waals surface area contributed by atoms with Crippen LogP contribution in [0.15, 0.2) is 58.2 Å². The van der Waals surface area contributed by atoms with Crippen LogP contribution in [0.3, 0.4) is 0 Å². The van der Waals surface area contributed by atoms with E-state index in [0.29, 0.717) is 45.1 Å². The van der Waals surface area contributed by atoms with Crippen molar-refractivity contribution in [3.05, 3.63) is 75.9 Å². The smallest absolute Gasteiger partial charge is 0.200 e. The van der Waals surface area contributed by atoms with Gasteiger partial charge in [-0.25, -0.2) is 9.37 Å². The van der Waals surface area contributed by atoms with Crippen molar-refractivity contribution >= 4 is 34.3 Å². The van der Waals surface area contributed by atoms with E-state index in [1.54, 1.807) is 12.1 Å².